The van der Waals surface area contributed by atoms with Crippen LogP contribution in [0.2, 0.25) is 0 Å². The number of alkyl halides is 3. The van der Waals surface area contributed by atoms with Gasteiger partial charge in [0.15, 0.2) is 5.96 Å². The molecular formula is C13H18F3N5. The number of hydrogen-bond donors (Lipinski definition) is 2. The minimum atomic E-state index is -4.43. The van der Waals surface area contributed by atoms with Crippen LogP contribution in [-0.4, -0.2) is 22.0 Å². The van der Waals surface area contributed by atoms with Gasteiger partial charge < -0.3 is 11.1 Å². The Bertz CT molecular complexity index is 478. The second-order valence-electron chi connectivity index (χ2n) is 5.07. The number of guanidine groups is 1. The standard InChI is InChI=1S/C13H18F3N5/c14-13(15,16)9-6-18-11(19-7-9)8-20-12(17)21-10-4-2-1-3-5-10/h6-7,10H,1-5,8H2,(H3,17,20,21). The van der Waals surface area contributed by atoms with Crippen molar-refractivity contribution in [2.45, 2.75) is 50.9 Å². The maximum atomic E-state index is 12.4. The topological polar surface area (TPSA) is 76.2 Å². The van der Waals surface area contributed by atoms with Crippen molar-refractivity contribution in [1.29, 1.82) is 0 Å². The van der Waals surface area contributed by atoms with Gasteiger partial charge in [0.1, 0.15) is 12.4 Å². The summed E-state index contributed by atoms with van der Waals surface area (Å²) in [6.45, 7) is 0.0592. The molecule has 0 saturated heterocycles. The van der Waals surface area contributed by atoms with E-state index in [1.807, 2.05) is 0 Å². The summed E-state index contributed by atoms with van der Waals surface area (Å²) in [5, 5.41) is 3.12. The van der Waals surface area contributed by atoms with E-state index in [9.17, 15) is 13.2 Å². The van der Waals surface area contributed by atoms with Gasteiger partial charge in [0.05, 0.1) is 5.56 Å². The lowest BCUT2D eigenvalue weighted by atomic mass is 9.96. The molecule has 1 heterocycles. The van der Waals surface area contributed by atoms with Crippen LogP contribution in [0.5, 0.6) is 0 Å². The molecule has 0 amide bonds. The van der Waals surface area contributed by atoms with E-state index in [1.54, 1.807) is 0 Å². The number of rotatable bonds is 3. The zero-order chi connectivity index (χ0) is 15.3. The van der Waals surface area contributed by atoms with E-state index in [1.165, 1.54) is 19.3 Å². The molecule has 1 aliphatic carbocycles. The summed E-state index contributed by atoms with van der Waals surface area (Å²) in [4.78, 5) is 11.3. The van der Waals surface area contributed by atoms with E-state index in [-0.39, 0.29) is 18.3 Å². The zero-order valence-corrected chi connectivity index (χ0v) is 11.5. The highest BCUT2D eigenvalue weighted by Crippen LogP contribution is 2.27. The monoisotopic (exact) mass is 301 g/mol. The normalized spacial score (nSPS) is 17.8. The molecule has 1 aromatic rings. The van der Waals surface area contributed by atoms with Crippen molar-refractivity contribution < 1.29 is 13.2 Å². The van der Waals surface area contributed by atoms with Gasteiger partial charge >= 0.3 is 6.18 Å². The first-order valence-corrected chi connectivity index (χ1v) is 6.90. The highest BCUT2D eigenvalue weighted by molar-refractivity contribution is 5.78. The quantitative estimate of drug-likeness (QED) is 0.663. The third-order valence-corrected chi connectivity index (χ3v) is 3.38. The van der Waals surface area contributed by atoms with Gasteiger partial charge in [-0.3, -0.25) is 0 Å². The van der Waals surface area contributed by atoms with Crippen LogP contribution >= 0.6 is 0 Å². The number of nitrogens with zero attached hydrogens (tertiary/aromatic N) is 3. The summed E-state index contributed by atoms with van der Waals surface area (Å²) in [5.41, 5.74) is 4.88. The first-order chi connectivity index (χ1) is 9.95. The van der Waals surface area contributed by atoms with Gasteiger partial charge in [-0.1, -0.05) is 19.3 Å². The molecule has 116 valence electrons. The number of hydrogen-bond acceptors (Lipinski definition) is 3. The Kier molecular flexibility index (Phi) is 4.98. The van der Waals surface area contributed by atoms with Gasteiger partial charge in [0, 0.05) is 18.4 Å². The van der Waals surface area contributed by atoms with Crippen LogP contribution in [0.15, 0.2) is 17.4 Å². The average Bonchev–Trinajstić information content (AvgIpc) is 2.46. The van der Waals surface area contributed by atoms with E-state index >= 15 is 0 Å². The van der Waals surface area contributed by atoms with Crippen molar-refractivity contribution in [2.24, 2.45) is 10.7 Å². The fourth-order valence-corrected chi connectivity index (χ4v) is 2.24. The molecule has 0 radical (unpaired) electrons. The zero-order valence-electron chi connectivity index (χ0n) is 11.5. The summed E-state index contributed by atoms with van der Waals surface area (Å²) in [6, 6.07) is 0.330. The molecule has 2 rings (SSSR count). The van der Waals surface area contributed by atoms with Crippen LogP contribution in [0.4, 0.5) is 13.2 Å². The van der Waals surface area contributed by atoms with Crippen LogP contribution in [0.25, 0.3) is 0 Å². The highest BCUT2D eigenvalue weighted by Gasteiger charge is 2.31. The SMILES string of the molecule is NC(=NCc1ncc(C(F)(F)F)cn1)NC1CCCCC1. The molecule has 8 heteroatoms. The fraction of sp³-hybridized carbons (Fsp3) is 0.615. The van der Waals surface area contributed by atoms with Crippen LogP contribution in [-0.2, 0) is 12.7 Å². The molecule has 0 aliphatic heterocycles. The number of aliphatic imine (C=N–C) groups is 1. The van der Waals surface area contributed by atoms with Gasteiger partial charge in [-0.25, -0.2) is 15.0 Å². The molecule has 1 aromatic heterocycles. The smallest absolute Gasteiger partial charge is 0.370 e. The second-order valence-corrected chi connectivity index (χ2v) is 5.07. The summed E-state index contributed by atoms with van der Waals surface area (Å²) < 4.78 is 37.1. The molecule has 0 unspecified atom stereocenters. The van der Waals surface area contributed by atoms with Gasteiger partial charge in [0.25, 0.3) is 0 Å². The Morgan fingerprint density at radius 2 is 1.86 bits per heavy atom. The molecule has 21 heavy (non-hydrogen) atoms. The first-order valence-electron chi connectivity index (χ1n) is 6.90. The Morgan fingerprint density at radius 1 is 1.24 bits per heavy atom. The maximum Gasteiger partial charge on any atom is 0.419 e. The molecule has 0 spiro atoms. The lowest BCUT2D eigenvalue weighted by Crippen LogP contribution is -2.41. The minimum Gasteiger partial charge on any atom is -0.370 e. The molecule has 1 saturated carbocycles. The predicted octanol–water partition coefficient (Wildman–Crippen LogP) is 2.23. The largest absolute Gasteiger partial charge is 0.419 e. The highest BCUT2D eigenvalue weighted by atomic mass is 19.4. The van der Waals surface area contributed by atoms with Crippen LogP contribution in [0.1, 0.15) is 43.5 Å². The minimum absolute atomic E-state index is 0.0592. The van der Waals surface area contributed by atoms with Crippen LogP contribution in [0.3, 0.4) is 0 Å². The van der Waals surface area contributed by atoms with E-state index in [0.717, 1.165) is 25.2 Å². The Hall–Kier alpha value is -1.86. The first kappa shape index (κ1) is 15.5. The summed E-state index contributed by atoms with van der Waals surface area (Å²) >= 11 is 0. The number of aromatic nitrogens is 2. The van der Waals surface area contributed by atoms with Gasteiger partial charge in [-0.15, -0.1) is 0 Å². The molecule has 3 N–H and O–H groups in total. The molecule has 0 aromatic carbocycles. The molecule has 5 nitrogen and oxygen atoms in total. The van der Waals surface area contributed by atoms with Gasteiger partial charge in [0.2, 0.25) is 0 Å². The van der Waals surface area contributed by atoms with E-state index < -0.39 is 11.7 Å². The van der Waals surface area contributed by atoms with Crippen LogP contribution < -0.4 is 11.1 Å². The van der Waals surface area contributed by atoms with Crippen molar-refractivity contribution in [3.8, 4) is 0 Å². The maximum absolute atomic E-state index is 12.4. The van der Waals surface area contributed by atoms with Crippen molar-refractivity contribution in [3.05, 3.63) is 23.8 Å². The molecular weight excluding hydrogens is 283 g/mol. The van der Waals surface area contributed by atoms with Gasteiger partial charge in [-0.2, -0.15) is 13.2 Å². The second kappa shape index (κ2) is 6.73. The van der Waals surface area contributed by atoms with Crippen molar-refractivity contribution in [3.63, 3.8) is 0 Å². The fourth-order valence-electron chi connectivity index (χ4n) is 2.24. The van der Waals surface area contributed by atoms with E-state index in [2.05, 4.69) is 20.3 Å². The van der Waals surface area contributed by atoms with Gasteiger partial charge in [-0.05, 0) is 12.8 Å². The summed E-state index contributed by atoms with van der Waals surface area (Å²) in [5.74, 6) is 0.488. The number of halogens is 3. The summed E-state index contributed by atoms with van der Waals surface area (Å²) in [7, 11) is 0. The average molecular weight is 301 g/mol. The van der Waals surface area contributed by atoms with Crippen LogP contribution in [0, 0.1) is 0 Å². The molecule has 1 aliphatic rings. The third-order valence-electron chi connectivity index (χ3n) is 3.38. The van der Waals surface area contributed by atoms with E-state index in [0.29, 0.717) is 6.04 Å². The third kappa shape index (κ3) is 4.87. The van der Waals surface area contributed by atoms with E-state index in [4.69, 9.17) is 5.73 Å². The van der Waals surface area contributed by atoms with Crippen molar-refractivity contribution >= 4 is 5.96 Å². The molecule has 1 fully saturated rings. The lowest BCUT2D eigenvalue weighted by Gasteiger charge is -2.23. The van der Waals surface area contributed by atoms with Crippen molar-refractivity contribution in [1.82, 2.24) is 15.3 Å². The Balaban J connectivity index is 1.87. The molecule has 0 atom stereocenters. The molecule has 0 bridgehead atoms. The Labute approximate surface area is 120 Å². The lowest BCUT2D eigenvalue weighted by molar-refractivity contribution is -0.138. The predicted molar refractivity (Wildman–Crippen MR) is 72.4 cm³/mol. The number of nitrogens with one attached hydrogen (secondary N) is 1. The van der Waals surface area contributed by atoms with Crippen molar-refractivity contribution in [2.75, 3.05) is 0 Å². The Morgan fingerprint density at radius 3 is 2.43 bits per heavy atom. The number of nitrogens with two attached hydrogens (primary N) is 1. The summed E-state index contributed by atoms with van der Waals surface area (Å²) in [6.07, 6.45) is 2.79.